The molecule has 0 fully saturated rings. The summed E-state index contributed by atoms with van der Waals surface area (Å²) in [5, 5.41) is 8.71. The van der Waals surface area contributed by atoms with Crippen LogP contribution in [-0.2, 0) is 14.8 Å². The van der Waals surface area contributed by atoms with Gasteiger partial charge in [0.1, 0.15) is 6.54 Å². The quantitative estimate of drug-likeness (QED) is 0.160. The Morgan fingerprint density at radius 3 is 2.00 bits per heavy atom. The van der Waals surface area contributed by atoms with Gasteiger partial charge in [-0.05, 0) is 64.0 Å². The summed E-state index contributed by atoms with van der Waals surface area (Å²) in [6.45, 7) is -0.456. The molecule has 5 aromatic carbocycles. The summed E-state index contributed by atoms with van der Waals surface area (Å²) in [6, 6.07) is 32.3. The second kappa shape index (κ2) is 10.4. The van der Waals surface area contributed by atoms with Gasteiger partial charge < -0.3 is 0 Å². The van der Waals surface area contributed by atoms with E-state index in [4.69, 9.17) is 11.6 Å². The molecule has 0 atom stereocenters. The minimum Gasteiger partial charge on any atom is -0.271 e. The van der Waals surface area contributed by atoms with Gasteiger partial charge in [0.2, 0.25) is 0 Å². The lowest BCUT2D eigenvalue weighted by atomic mass is 9.97. The zero-order valence-corrected chi connectivity index (χ0v) is 21.2. The van der Waals surface area contributed by atoms with E-state index < -0.39 is 22.5 Å². The monoisotopic (exact) mass is 527 g/mol. The Morgan fingerprint density at radius 2 is 1.38 bits per heavy atom. The summed E-state index contributed by atoms with van der Waals surface area (Å²) in [7, 11) is -4.04. The Hall–Kier alpha value is -4.20. The fraction of sp³-hybridized carbons (Fsp3) is 0.0345. The zero-order valence-electron chi connectivity index (χ0n) is 19.6. The average molecular weight is 528 g/mol. The van der Waals surface area contributed by atoms with E-state index in [-0.39, 0.29) is 4.90 Å². The molecule has 0 aromatic heterocycles. The number of benzene rings is 5. The van der Waals surface area contributed by atoms with Crippen molar-refractivity contribution in [1.82, 2.24) is 5.43 Å². The Kier molecular flexibility index (Phi) is 6.90. The molecule has 0 unspecified atom stereocenters. The van der Waals surface area contributed by atoms with Crippen molar-refractivity contribution in [3.05, 3.63) is 120 Å². The molecule has 0 aliphatic heterocycles. The number of para-hydroxylation sites is 1. The number of rotatable bonds is 7. The number of anilines is 1. The van der Waals surface area contributed by atoms with Crippen LogP contribution in [0.2, 0.25) is 5.02 Å². The fourth-order valence-corrected chi connectivity index (χ4v) is 5.71. The Morgan fingerprint density at radius 1 is 0.811 bits per heavy atom. The van der Waals surface area contributed by atoms with Crippen molar-refractivity contribution < 1.29 is 13.2 Å². The first-order chi connectivity index (χ1) is 17.9. The van der Waals surface area contributed by atoms with Crippen LogP contribution in [0.3, 0.4) is 0 Å². The minimum absolute atomic E-state index is 0.0271. The molecule has 8 heteroatoms. The molecule has 5 aromatic rings. The van der Waals surface area contributed by atoms with E-state index in [0.29, 0.717) is 10.7 Å². The number of amides is 1. The van der Waals surface area contributed by atoms with Crippen LogP contribution in [0.1, 0.15) is 5.56 Å². The number of nitrogens with one attached hydrogen (secondary N) is 1. The Labute approximate surface area is 219 Å². The van der Waals surface area contributed by atoms with Crippen molar-refractivity contribution >= 4 is 61.0 Å². The highest BCUT2D eigenvalue weighted by Gasteiger charge is 2.27. The predicted molar refractivity (Wildman–Crippen MR) is 150 cm³/mol. The van der Waals surface area contributed by atoms with Gasteiger partial charge in [0.05, 0.1) is 16.8 Å². The molecule has 5 rings (SSSR count). The maximum atomic E-state index is 13.4. The topological polar surface area (TPSA) is 78.8 Å². The van der Waals surface area contributed by atoms with E-state index in [2.05, 4.69) is 16.6 Å². The fourth-order valence-electron chi connectivity index (χ4n) is 4.17. The molecule has 0 aliphatic carbocycles. The Balaban J connectivity index is 1.43. The highest BCUT2D eigenvalue weighted by molar-refractivity contribution is 7.92. The van der Waals surface area contributed by atoms with Crippen molar-refractivity contribution in [2.45, 2.75) is 4.90 Å². The molecule has 0 spiro atoms. The van der Waals surface area contributed by atoms with Gasteiger partial charge in [0, 0.05) is 10.6 Å². The van der Waals surface area contributed by atoms with Crippen molar-refractivity contribution in [3.8, 4) is 0 Å². The second-order valence-electron chi connectivity index (χ2n) is 8.33. The van der Waals surface area contributed by atoms with Crippen molar-refractivity contribution in [1.29, 1.82) is 0 Å². The lowest BCUT2D eigenvalue weighted by Crippen LogP contribution is -2.39. The Bertz CT molecular complexity index is 1670. The summed E-state index contributed by atoms with van der Waals surface area (Å²) < 4.78 is 27.9. The first-order valence-electron chi connectivity index (χ1n) is 11.5. The van der Waals surface area contributed by atoms with Gasteiger partial charge in [-0.2, -0.15) is 5.10 Å². The maximum absolute atomic E-state index is 13.4. The van der Waals surface area contributed by atoms with E-state index in [9.17, 15) is 13.2 Å². The van der Waals surface area contributed by atoms with E-state index >= 15 is 0 Å². The summed E-state index contributed by atoms with van der Waals surface area (Å²) in [5.41, 5.74) is 3.72. The number of sulfonamides is 1. The molecule has 0 bridgehead atoms. The number of hydrogen-bond acceptors (Lipinski definition) is 4. The van der Waals surface area contributed by atoms with Gasteiger partial charge >= 0.3 is 0 Å². The number of carbonyl (C=O) groups is 1. The van der Waals surface area contributed by atoms with Crippen LogP contribution < -0.4 is 9.73 Å². The number of carbonyl (C=O) groups excluding carboxylic acids is 1. The van der Waals surface area contributed by atoms with Crippen LogP contribution >= 0.6 is 11.6 Å². The molecule has 6 nitrogen and oxygen atoms in total. The van der Waals surface area contributed by atoms with Crippen LogP contribution in [0.5, 0.6) is 0 Å². The van der Waals surface area contributed by atoms with Gasteiger partial charge in [-0.15, -0.1) is 0 Å². The first kappa shape index (κ1) is 24.5. The van der Waals surface area contributed by atoms with Crippen molar-refractivity contribution in [2.75, 3.05) is 10.8 Å². The molecular formula is C29H22ClN3O3S. The van der Waals surface area contributed by atoms with Crippen LogP contribution in [0.15, 0.2) is 119 Å². The third-order valence-corrected chi connectivity index (χ3v) is 7.97. The van der Waals surface area contributed by atoms with Crippen LogP contribution in [0, 0.1) is 0 Å². The zero-order chi connectivity index (χ0) is 25.8. The first-order valence-corrected chi connectivity index (χ1v) is 13.3. The van der Waals surface area contributed by atoms with Crippen molar-refractivity contribution in [3.63, 3.8) is 0 Å². The largest absolute Gasteiger partial charge is 0.271 e. The van der Waals surface area contributed by atoms with Gasteiger partial charge in [-0.25, -0.2) is 13.8 Å². The molecule has 1 N–H and O–H groups in total. The maximum Gasteiger partial charge on any atom is 0.264 e. The van der Waals surface area contributed by atoms with Gasteiger partial charge in [-0.3, -0.25) is 9.10 Å². The van der Waals surface area contributed by atoms with Crippen LogP contribution in [0.4, 0.5) is 5.69 Å². The molecule has 184 valence electrons. The van der Waals surface area contributed by atoms with Crippen LogP contribution in [0.25, 0.3) is 21.5 Å². The highest BCUT2D eigenvalue weighted by atomic mass is 35.5. The van der Waals surface area contributed by atoms with E-state index in [0.717, 1.165) is 31.4 Å². The third kappa shape index (κ3) is 5.18. The smallest absolute Gasteiger partial charge is 0.264 e. The lowest BCUT2D eigenvalue weighted by molar-refractivity contribution is -0.119. The van der Waals surface area contributed by atoms with E-state index in [1.807, 2.05) is 48.5 Å². The number of hydrogen-bond donors (Lipinski definition) is 1. The molecule has 0 saturated carbocycles. The second-order valence-corrected chi connectivity index (χ2v) is 10.6. The summed E-state index contributed by atoms with van der Waals surface area (Å²) in [5.74, 6) is -0.581. The molecular weight excluding hydrogens is 506 g/mol. The van der Waals surface area contributed by atoms with Gasteiger partial charge in [0.25, 0.3) is 15.9 Å². The molecule has 37 heavy (non-hydrogen) atoms. The average Bonchev–Trinajstić information content (AvgIpc) is 2.92. The summed E-state index contributed by atoms with van der Waals surface area (Å²) in [4.78, 5) is 13.0. The third-order valence-electron chi connectivity index (χ3n) is 5.93. The highest BCUT2D eigenvalue weighted by Crippen LogP contribution is 2.27. The van der Waals surface area contributed by atoms with Gasteiger partial charge in [0.15, 0.2) is 0 Å². The molecule has 0 heterocycles. The standard InChI is InChI=1S/C29H22ClN3O3S/c30-23-14-16-25(17-15-23)37(35,36)33(24-10-2-1-3-11-24)20-29(34)32-31-19-28-26-12-6-4-8-21(26)18-22-9-5-7-13-27(22)28/h1-19H,20H2,(H,32,34)/b31-19-. The van der Waals surface area contributed by atoms with E-state index in [1.54, 1.807) is 36.5 Å². The summed E-state index contributed by atoms with van der Waals surface area (Å²) >= 11 is 5.93. The predicted octanol–water partition coefficient (Wildman–Crippen LogP) is 5.99. The van der Waals surface area contributed by atoms with Crippen molar-refractivity contribution in [2.24, 2.45) is 5.10 Å². The van der Waals surface area contributed by atoms with Gasteiger partial charge in [-0.1, -0.05) is 78.3 Å². The minimum atomic E-state index is -4.04. The van der Waals surface area contributed by atoms with E-state index in [1.165, 1.54) is 24.3 Å². The lowest BCUT2D eigenvalue weighted by Gasteiger charge is -2.23. The normalized spacial score (nSPS) is 11.7. The SMILES string of the molecule is O=C(CN(c1ccccc1)S(=O)(=O)c1ccc(Cl)cc1)N/N=C\c1c2ccccc2cc2ccccc12. The molecule has 0 aliphatic rings. The summed E-state index contributed by atoms with van der Waals surface area (Å²) in [6.07, 6.45) is 1.60. The number of halogens is 1. The molecule has 0 saturated heterocycles. The number of hydrazone groups is 1. The van der Waals surface area contributed by atoms with Crippen LogP contribution in [-0.4, -0.2) is 27.1 Å². The molecule has 1 amide bonds. The number of fused-ring (bicyclic) bond motifs is 2. The number of nitrogens with zero attached hydrogens (tertiary/aromatic N) is 2. The molecule has 0 radical (unpaired) electrons.